The summed E-state index contributed by atoms with van der Waals surface area (Å²) in [6.07, 6.45) is -0.605. The molecule has 1 aliphatic heterocycles. The number of nitrogens with one attached hydrogen (secondary N) is 1. The number of nitrogens with zero attached hydrogens (tertiary/aromatic N) is 1. The second-order valence-corrected chi connectivity index (χ2v) is 7.21. The number of benzene rings is 2. The van der Waals surface area contributed by atoms with Crippen molar-refractivity contribution in [2.75, 3.05) is 39.5 Å². The SMILES string of the molecule is O=C(NCC(C(=O)O)N1CCOCC1)OCC1c2ccccc2-c2ccccc21. The summed E-state index contributed by atoms with van der Waals surface area (Å²) in [5, 5.41) is 12.1. The summed E-state index contributed by atoms with van der Waals surface area (Å²) in [5.74, 6) is -0.992. The van der Waals surface area contributed by atoms with Crippen molar-refractivity contribution in [2.45, 2.75) is 12.0 Å². The number of morpholine rings is 1. The van der Waals surface area contributed by atoms with Crippen molar-refractivity contribution >= 4 is 12.1 Å². The second kappa shape index (κ2) is 8.63. The predicted molar refractivity (Wildman–Crippen MR) is 107 cm³/mol. The van der Waals surface area contributed by atoms with Crippen LogP contribution in [0, 0.1) is 0 Å². The van der Waals surface area contributed by atoms with E-state index in [0.717, 1.165) is 22.3 Å². The third-order valence-electron chi connectivity index (χ3n) is 5.55. The molecule has 4 rings (SSSR count). The summed E-state index contributed by atoms with van der Waals surface area (Å²) in [7, 11) is 0. The molecule has 1 saturated heterocycles. The Hall–Kier alpha value is -2.90. The van der Waals surface area contributed by atoms with Gasteiger partial charge in [-0.15, -0.1) is 0 Å². The molecule has 1 atom stereocenters. The molecule has 1 unspecified atom stereocenters. The Labute approximate surface area is 169 Å². The van der Waals surface area contributed by atoms with Gasteiger partial charge in [0, 0.05) is 25.6 Å². The van der Waals surface area contributed by atoms with E-state index in [1.54, 1.807) is 4.90 Å². The van der Waals surface area contributed by atoms with E-state index in [-0.39, 0.29) is 19.1 Å². The molecule has 1 fully saturated rings. The number of hydrogen-bond donors (Lipinski definition) is 2. The Morgan fingerprint density at radius 1 is 1.07 bits per heavy atom. The molecule has 0 saturated carbocycles. The molecule has 152 valence electrons. The van der Waals surface area contributed by atoms with Crippen molar-refractivity contribution in [3.05, 3.63) is 59.7 Å². The highest BCUT2D eigenvalue weighted by atomic mass is 16.5. The quantitative estimate of drug-likeness (QED) is 0.779. The molecule has 29 heavy (non-hydrogen) atoms. The van der Waals surface area contributed by atoms with E-state index < -0.39 is 18.1 Å². The number of carbonyl (C=O) groups excluding carboxylic acids is 1. The minimum atomic E-state index is -0.967. The molecular weight excluding hydrogens is 372 g/mol. The van der Waals surface area contributed by atoms with Crippen LogP contribution in [0.2, 0.25) is 0 Å². The Morgan fingerprint density at radius 3 is 2.24 bits per heavy atom. The molecule has 0 spiro atoms. The maximum atomic E-state index is 12.3. The van der Waals surface area contributed by atoms with Gasteiger partial charge in [-0.2, -0.15) is 0 Å². The van der Waals surface area contributed by atoms with E-state index in [1.807, 2.05) is 24.3 Å². The fourth-order valence-corrected chi connectivity index (χ4v) is 4.09. The monoisotopic (exact) mass is 396 g/mol. The van der Waals surface area contributed by atoms with Crippen molar-refractivity contribution in [3.63, 3.8) is 0 Å². The Kier molecular flexibility index (Phi) is 5.78. The third kappa shape index (κ3) is 4.11. The third-order valence-corrected chi connectivity index (χ3v) is 5.55. The number of rotatable bonds is 6. The van der Waals surface area contributed by atoms with E-state index in [9.17, 15) is 14.7 Å². The van der Waals surface area contributed by atoms with E-state index in [0.29, 0.717) is 26.3 Å². The van der Waals surface area contributed by atoms with Gasteiger partial charge in [-0.1, -0.05) is 48.5 Å². The summed E-state index contributed by atoms with van der Waals surface area (Å²) in [6.45, 7) is 2.25. The zero-order valence-corrected chi connectivity index (χ0v) is 16.0. The Morgan fingerprint density at radius 2 is 1.66 bits per heavy atom. The zero-order valence-electron chi connectivity index (χ0n) is 16.0. The summed E-state index contributed by atoms with van der Waals surface area (Å²) >= 11 is 0. The first-order valence-corrected chi connectivity index (χ1v) is 9.78. The first-order chi connectivity index (χ1) is 14.1. The number of carboxylic acids is 1. The van der Waals surface area contributed by atoms with Crippen LogP contribution in [0.3, 0.4) is 0 Å². The van der Waals surface area contributed by atoms with Crippen molar-refractivity contribution in [1.82, 2.24) is 10.2 Å². The van der Waals surface area contributed by atoms with Crippen LogP contribution in [0.1, 0.15) is 17.0 Å². The molecule has 1 heterocycles. The number of alkyl carbamates (subject to hydrolysis) is 1. The number of ether oxygens (including phenoxy) is 2. The van der Waals surface area contributed by atoms with Crippen LogP contribution < -0.4 is 5.32 Å². The van der Waals surface area contributed by atoms with Crippen LogP contribution in [0.25, 0.3) is 11.1 Å². The average Bonchev–Trinajstić information content (AvgIpc) is 3.07. The molecule has 2 aromatic rings. The van der Waals surface area contributed by atoms with Crippen LogP contribution in [0.4, 0.5) is 4.79 Å². The number of aliphatic carboxylic acids is 1. The number of hydrogen-bond acceptors (Lipinski definition) is 5. The summed E-state index contributed by atoms with van der Waals surface area (Å²) in [6, 6.07) is 15.4. The molecule has 0 bridgehead atoms. The molecule has 2 N–H and O–H groups in total. The molecule has 2 aromatic carbocycles. The fraction of sp³-hybridized carbons (Fsp3) is 0.364. The van der Waals surface area contributed by atoms with Crippen LogP contribution in [0.5, 0.6) is 0 Å². The second-order valence-electron chi connectivity index (χ2n) is 7.21. The Balaban J connectivity index is 1.37. The van der Waals surface area contributed by atoms with Crippen LogP contribution in [0.15, 0.2) is 48.5 Å². The maximum absolute atomic E-state index is 12.3. The number of carboxylic acid groups (broad SMARTS) is 1. The van der Waals surface area contributed by atoms with Crippen LogP contribution in [-0.2, 0) is 14.3 Å². The highest BCUT2D eigenvalue weighted by Crippen LogP contribution is 2.44. The highest BCUT2D eigenvalue weighted by molar-refractivity contribution is 5.79. The lowest BCUT2D eigenvalue weighted by Gasteiger charge is -2.31. The van der Waals surface area contributed by atoms with Gasteiger partial charge < -0.3 is 19.9 Å². The summed E-state index contributed by atoms with van der Waals surface area (Å²) < 4.78 is 10.7. The van der Waals surface area contributed by atoms with Crippen molar-refractivity contribution < 1.29 is 24.2 Å². The largest absolute Gasteiger partial charge is 0.480 e. The Bertz CT molecular complexity index is 849. The van der Waals surface area contributed by atoms with Gasteiger partial charge in [-0.05, 0) is 22.3 Å². The van der Waals surface area contributed by atoms with E-state index >= 15 is 0 Å². The van der Waals surface area contributed by atoms with Crippen molar-refractivity contribution in [2.24, 2.45) is 0 Å². The highest BCUT2D eigenvalue weighted by Gasteiger charge is 2.30. The lowest BCUT2D eigenvalue weighted by atomic mass is 9.98. The smallest absolute Gasteiger partial charge is 0.407 e. The van der Waals surface area contributed by atoms with Gasteiger partial charge in [-0.3, -0.25) is 9.69 Å². The van der Waals surface area contributed by atoms with Gasteiger partial charge in [-0.25, -0.2) is 4.79 Å². The average molecular weight is 396 g/mol. The van der Waals surface area contributed by atoms with Gasteiger partial charge in [0.1, 0.15) is 12.6 Å². The van der Waals surface area contributed by atoms with Gasteiger partial charge in [0.25, 0.3) is 0 Å². The topological polar surface area (TPSA) is 88.1 Å². The minimum Gasteiger partial charge on any atom is -0.480 e. The predicted octanol–water partition coefficient (Wildman–Crippen LogP) is 2.31. The minimum absolute atomic E-state index is 0.00793. The lowest BCUT2D eigenvalue weighted by molar-refractivity contribution is -0.144. The lowest BCUT2D eigenvalue weighted by Crippen LogP contribution is -2.52. The maximum Gasteiger partial charge on any atom is 0.407 e. The summed E-state index contributed by atoms with van der Waals surface area (Å²) in [5.41, 5.74) is 4.60. The van der Waals surface area contributed by atoms with E-state index in [4.69, 9.17) is 9.47 Å². The van der Waals surface area contributed by atoms with Crippen molar-refractivity contribution in [1.29, 1.82) is 0 Å². The molecular formula is C22H24N2O5. The molecule has 7 heteroatoms. The number of fused-ring (bicyclic) bond motifs is 3. The number of amides is 1. The molecule has 0 aromatic heterocycles. The van der Waals surface area contributed by atoms with Crippen LogP contribution >= 0.6 is 0 Å². The molecule has 0 radical (unpaired) electrons. The molecule has 1 aliphatic carbocycles. The first kappa shape index (κ1) is 19.4. The van der Waals surface area contributed by atoms with E-state index in [1.165, 1.54) is 0 Å². The first-order valence-electron chi connectivity index (χ1n) is 9.78. The zero-order chi connectivity index (χ0) is 20.2. The van der Waals surface area contributed by atoms with Crippen molar-refractivity contribution in [3.8, 4) is 11.1 Å². The molecule has 2 aliphatic rings. The molecule has 1 amide bonds. The standard InChI is InChI=1S/C22H24N2O5/c25-21(26)20(24-9-11-28-12-10-24)13-23-22(27)29-14-19-17-7-3-1-5-15(17)16-6-2-4-8-18(16)19/h1-8,19-20H,9-14H2,(H,23,27)(H,25,26). The fourth-order valence-electron chi connectivity index (χ4n) is 4.09. The van der Waals surface area contributed by atoms with Gasteiger partial charge in [0.2, 0.25) is 0 Å². The van der Waals surface area contributed by atoms with Gasteiger partial charge in [0.05, 0.1) is 13.2 Å². The number of carbonyl (C=O) groups is 2. The molecule has 7 nitrogen and oxygen atoms in total. The summed E-state index contributed by atoms with van der Waals surface area (Å²) in [4.78, 5) is 25.6. The van der Waals surface area contributed by atoms with E-state index in [2.05, 4.69) is 29.6 Å². The van der Waals surface area contributed by atoms with Crippen LogP contribution in [-0.4, -0.2) is 67.6 Å². The van der Waals surface area contributed by atoms with Gasteiger partial charge >= 0.3 is 12.1 Å². The normalized spacial score (nSPS) is 17.2. The van der Waals surface area contributed by atoms with Gasteiger partial charge in [0.15, 0.2) is 0 Å².